The molecule has 2 aliphatic rings. The first-order chi connectivity index (χ1) is 11.1. The number of ether oxygens (including phenoxy) is 1. The molecule has 1 aromatic carbocycles. The van der Waals surface area contributed by atoms with Gasteiger partial charge in [-0.3, -0.25) is 14.5 Å². The lowest BCUT2D eigenvalue weighted by Gasteiger charge is -2.36. The molecule has 2 fully saturated rings. The maximum atomic E-state index is 12.7. The molecule has 1 unspecified atom stereocenters. The number of hydrogen-bond donors (Lipinski definition) is 0. The molecule has 0 aromatic heterocycles. The number of piperazine rings is 1. The van der Waals surface area contributed by atoms with E-state index in [2.05, 4.69) is 16.7 Å². The number of carbonyl (C=O) groups excluding carboxylic acids is 2. The zero-order valence-corrected chi connectivity index (χ0v) is 13.7. The molecule has 3 rings (SSSR count). The zero-order valence-electron chi connectivity index (χ0n) is 13.7. The van der Waals surface area contributed by atoms with Crippen LogP contribution in [0.4, 0.5) is 5.69 Å². The highest BCUT2D eigenvalue weighted by atomic mass is 16.5. The molecular weight excluding hydrogens is 294 g/mol. The van der Waals surface area contributed by atoms with Gasteiger partial charge >= 0.3 is 0 Å². The number of likely N-dealkylation sites (N-methyl/N-ethyl adjacent to an activating group) is 1. The minimum atomic E-state index is -0.316. The molecule has 0 saturated carbocycles. The van der Waals surface area contributed by atoms with E-state index in [0.29, 0.717) is 11.4 Å². The average molecular weight is 317 g/mol. The van der Waals surface area contributed by atoms with Gasteiger partial charge in [-0.15, -0.1) is 0 Å². The van der Waals surface area contributed by atoms with Gasteiger partial charge in [0.2, 0.25) is 5.91 Å². The van der Waals surface area contributed by atoms with Crippen LogP contribution in [-0.4, -0.2) is 67.5 Å². The predicted molar refractivity (Wildman–Crippen MR) is 87.6 cm³/mol. The second-order valence-electron chi connectivity index (χ2n) is 5.96. The first-order valence-electron chi connectivity index (χ1n) is 8.11. The highest BCUT2D eigenvalue weighted by Crippen LogP contribution is 2.27. The third-order valence-corrected chi connectivity index (χ3v) is 4.75. The van der Waals surface area contributed by atoms with Crippen LogP contribution in [0.3, 0.4) is 0 Å². The van der Waals surface area contributed by atoms with Crippen LogP contribution in [-0.2, 0) is 9.59 Å². The van der Waals surface area contributed by atoms with Crippen molar-refractivity contribution in [2.24, 2.45) is 0 Å². The van der Waals surface area contributed by atoms with Crippen molar-refractivity contribution < 1.29 is 14.3 Å². The topological polar surface area (TPSA) is 53.1 Å². The Kier molecular flexibility index (Phi) is 4.63. The van der Waals surface area contributed by atoms with E-state index in [1.165, 1.54) is 4.90 Å². The Hall–Kier alpha value is -1.92. The average Bonchev–Trinajstić information content (AvgIpc) is 2.89. The molecule has 0 spiro atoms. The van der Waals surface area contributed by atoms with Crippen LogP contribution >= 0.6 is 0 Å². The minimum Gasteiger partial charge on any atom is -0.497 e. The summed E-state index contributed by atoms with van der Waals surface area (Å²) in [6.07, 6.45) is 0.275. The molecule has 0 N–H and O–H groups in total. The Balaban J connectivity index is 1.72. The van der Waals surface area contributed by atoms with Crippen molar-refractivity contribution in [3.63, 3.8) is 0 Å². The molecule has 23 heavy (non-hydrogen) atoms. The quantitative estimate of drug-likeness (QED) is 0.775. The van der Waals surface area contributed by atoms with Gasteiger partial charge in [-0.1, -0.05) is 6.92 Å². The molecule has 6 heteroatoms. The van der Waals surface area contributed by atoms with Crippen LogP contribution < -0.4 is 9.64 Å². The predicted octanol–water partition coefficient (Wildman–Crippen LogP) is 0.965. The van der Waals surface area contributed by atoms with Crippen LogP contribution in [0.1, 0.15) is 13.3 Å². The van der Waals surface area contributed by atoms with E-state index >= 15 is 0 Å². The highest BCUT2D eigenvalue weighted by Gasteiger charge is 2.43. The summed E-state index contributed by atoms with van der Waals surface area (Å²) in [5.41, 5.74) is 0.621. The molecule has 0 aliphatic carbocycles. The number of amides is 2. The molecule has 2 heterocycles. The fourth-order valence-electron chi connectivity index (χ4n) is 3.29. The van der Waals surface area contributed by atoms with Gasteiger partial charge in [0.1, 0.15) is 5.75 Å². The molecule has 2 saturated heterocycles. The number of hydrogen-bond acceptors (Lipinski definition) is 5. The van der Waals surface area contributed by atoms with Crippen molar-refractivity contribution in [3.8, 4) is 5.75 Å². The summed E-state index contributed by atoms with van der Waals surface area (Å²) in [4.78, 5) is 30.9. The maximum Gasteiger partial charge on any atom is 0.251 e. The maximum absolute atomic E-state index is 12.7. The number of benzene rings is 1. The van der Waals surface area contributed by atoms with Gasteiger partial charge in [0.05, 0.1) is 25.3 Å². The van der Waals surface area contributed by atoms with Crippen molar-refractivity contribution in [2.45, 2.75) is 19.4 Å². The Morgan fingerprint density at radius 2 is 1.74 bits per heavy atom. The molecule has 1 atom stereocenters. The third kappa shape index (κ3) is 3.09. The Labute approximate surface area is 136 Å². The normalized spacial score (nSPS) is 23.6. The number of imide groups is 1. The summed E-state index contributed by atoms with van der Waals surface area (Å²) in [7, 11) is 1.59. The molecular formula is C17H23N3O3. The number of rotatable bonds is 4. The lowest BCUT2D eigenvalue weighted by Crippen LogP contribution is -2.52. The van der Waals surface area contributed by atoms with Crippen molar-refractivity contribution in [1.29, 1.82) is 0 Å². The van der Waals surface area contributed by atoms with Crippen LogP contribution in [0.15, 0.2) is 24.3 Å². The second-order valence-corrected chi connectivity index (χ2v) is 5.96. The van der Waals surface area contributed by atoms with E-state index < -0.39 is 0 Å². The van der Waals surface area contributed by atoms with Gasteiger partial charge < -0.3 is 9.64 Å². The van der Waals surface area contributed by atoms with Gasteiger partial charge in [0.25, 0.3) is 5.91 Å². The van der Waals surface area contributed by atoms with Crippen LogP contribution in [0.25, 0.3) is 0 Å². The molecule has 124 valence electrons. The van der Waals surface area contributed by atoms with Gasteiger partial charge in [0.15, 0.2) is 0 Å². The number of anilines is 1. The zero-order chi connectivity index (χ0) is 16.4. The number of nitrogens with zero attached hydrogens (tertiary/aromatic N) is 3. The van der Waals surface area contributed by atoms with Crippen molar-refractivity contribution in [2.75, 3.05) is 44.7 Å². The van der Waals surface area contributed by atoms with Crippen molar-refractivity contribution in [1.82, 2.24) is 9.80 Å². The fraction of sp³-hybridized carbons (Fsp3) is 0.529. The standard InChI is InChI=1S/C17H23N3O3/c1-3-18-8-10-19(11-9-18)15-12-16(21)20(17(15)22)13-4-6-14(23-2)7-5-13/h4-7,15H,3,8-12H2,1-2H3. The summed E-state index contributed by atoms with van der Waals surface area (Å²) in [6, 6.07) is 6.73. The SMILES string of the molecule is CCN1CCN(C2CC(=O)N(c3ccc(OC)cc3)C2=O)CC1. The molecule has 6 nitrogen and oxygen atoms in total. The summed E-state index contributed by atoms with van der Waals surface area (Å²) < 4.78 is 5.12. The van der Waals surface area contributed by atoms with E-state index in [-0.39, 0.29) is 24.3 Å². The minimum absolute atomic E-state index is 0.106. The van der Waals surface area contributed by atoms with E-state index in [4.69, 9.17) is 4.74 Å². The van der Waals surface area contributed by atoms with Crippen LogP contribution in [0.2, 0.25) is 0 Å². The molecule has 1 aromatic rings. The Morgan fingerprint density at radius 1 is 1.09 bits per heavy atom. The largest absolute Gasteiger partial charge is 0.497 e. The summed E-state index contributed by atoms with van der Waals surface area (Å²) >= 11 is 0. The van der Waals surface area contributed by atoms with Crippen molar-refractivity contribution in [3.05, 3.63) is 24.3 Å². The summed E-state index contributed by atoms with van der Waals surface area (Å²) in [5.74, 6) is 0.480. The fourth-order valence-corrected chi connectivity index (χ4v) is 3.29. The van der Waals surface area contributed by atoms with Gasteiger partial charge in [-0.25, -0.2) is 4.90 Å². The molecule has 0 bridgehead atoms. The van der Waals surface area contributed by atoms with Crippen LogP contribution in [0.5, 0.6) is 5.75 Å². The molecule has 2 aliphatic heterocycles. The Bertz CT molecular complexity index is 579. The first-order valence-corrected chi connectivity index (χ1v) is 8.11. The van der Waals surface area contributed by atoms with Gasteiger partial charge in [-0.2, -0.15) is 0 Å². The van der Waals surface area contributed by atoms with Crippen molar-refractivity contribution >= 4 is 17.5 Å². The first kappa shape index (κ1) is 16.0. The number of methoxy groups -OCH3 is 1. The molecule has 0 radical (unpaired) electrons. The van der Waals surface area contributed by atoms with Crippen LogP contribution in [0, 0.1) is 0 Å². The smallest absolute Gasteiger partial charge is 0.251 e. The lowest BCUT2D eigenvalue weighted by atomic mass is 10.1. The summed E-state index contributed by atoms with van der Waals surface area (Å²) in [6.45, 7) is 6.77. The Morgan fingerprint density at radius 3 is 2.30 bits per heavy atom. The second kappa shape index (κ2) is 6.68. The van der Waals surface area contributed by atoms with E-state index in [9.17, 15) is 9.59 Å². The lowest BCUT2D eigenvalue weighted by molar-refractivity contribution is -0.123. The monoisotopic (exact) mass is 317 g/mol. The summed E-state index contributed by atoms with van der Waals surface area (Å²) in [5, 5.41) is 0. The van der Waals surface area contributed by atoms with Gasteiger partial charge in [-0.05, 0) is 30.8 Å². The van der Waals surface area contributed by atoms with E-state index in [1.807, 2.05) is 0 Å². The van der Waals surface area contributed by atoms with Gasteiger partial charge in [0, 0.05) is 26.2 Å². The highest BCUT2D eigenvalue weighted by molar-refractivity contribution is 6.22. The third-order valence-electron chi connectivity index (χ3n) is 4.75. The van der Waals surface area contributed by atoms with E-state index in [1.54, 1.807) is 31.4 Å². The van der Waals surface area contributed by atoms with E-state index in [0.717, 1.165) is 32.7 Å². The number of carbonyl (C=O) groups is 2. The molecule has 2 amide bonds.